The molecule has 0 saturated heterocycles. The van der Waals surface area contributed by atoms with Gasteiger partial charge in [-0.25, -0.2) is 0 Å². The molecule has 12 aromatic carbocycles. The molecule has 0 fully saturated rings. The van der Waals surface area contributed by atoms with Gasteiger partial charge in [-0.15, -0.1) is 0 Å². The molecule has 0 spiro atoms. The molecule has 314 valence electrons. The van der Waals surface area contributed by atoms with Gasteiger partial charge in [-0.05, 0) is 135 Å². The van der Waals surface area contributed by atoms with Crippen LogP contribution in [0.1, 0.15) is 11.1 Å². The monoisotopic (exact) mass is 850 g/mol. The predicted molar refractivity (Wildman–Crippen MR) is 273 cm³/mol. The smallest absolute Gasteiger partial charge is 0.136 e. The first kappa shape index (κ1) is 39.3. The van der Waals surface area contributed by atoms with E-state index in [-0.39, 0.29) is 13.2 Å². The van der Waals surface area contributed by atoms with Crippen molar-refractivity contribution >= 4 is 64.6 Å². The van der Waals surface area contributed by atoms with E-state index >= 15 is 0 Å². The highest BCUT2D eigenvalue weighted by Gasteiger charge is 2.23. The van der Waals surface area contributed by atoms with Gasteiger partial charge in [-0.2, -0.15) is 0 Å². The highest BCUT2D eigenvalue weighted by molar-refractivity contribution is 6.16. The van der Waals surface area contributed by atoms with Crippen LogP contribution in [0.4, 0.5) is 0 Å². The Morgan fingerprint density at radius 3 is 1.00 bits per heavy atom. The summed E-state index contributed by atoms with van der Waals surface area (Å²) in [6, 6.07) is 75.5. The summed E-state index contributed by atoms with van der Waals surface area (Å²) in [5.74, 6) is 2.65. The topological polar surface area (TPSA) is 58.9 Å². The number of hydrogen-bond donors (Lipinski definition) is 2. The number of aliphatic hydroxyl groups is 2. The average molecular weight is 851 g/mol. The van der Waals surface area contributed by atoms with Crippen molar-refractivity contribution in [1.29, 1.82) is 0 Å². The molecule has 0 heterocycles. The zero-order valence-electron chi connectivity index (χ0n) is 35.9. The molecule has 0 aliphatic rings. The standard InChI is InChI=1S/C62H42O4/c63-37-39-25-29-57(55(33-39)53-35-43-15-3-5-17-45(43)49-21-9-11-23-51(49)53)65-59-31-27-41-13-1-7-19-47(41)61(59)62-48-20-8-2-14-42(48)28-32-60(62)66-58-30-26-40(38-64)34-56(58)54-36-44-16-4-6-18-46(44)50-22-10-12-24-52(50)54/h1-36,63-64H,37-38H2. The van der Waals surface area contributed by atoms with Crippen LogP contribution in [0.15, 0.2) is 218 Å². The maximum Gasteiger partial charge on any atom is 0.136 e. The normalized spacial score (nSPS) is 11.6. The Morgan fingerprint density at radius 2 is 0.591 bits per heavy atom. The highest BCUT2D eigenvalue weighted by Crippen LogP contribution is 2.50. The molecule has 4 nitrogen and oxygen atoms in total. The van der Waals surface area contributed by atoms with Crippen LogP contribution in [0.25, 0.3) is 98.0 Å². The number of rotatable bonds is 9. The van der Waals surface area contributed by atoms with E-state index in [4.69, 9.17) is 9.47 Å². The number of aliphatic hydroxyl groups excluding tert-OH is 2. The van der Waals surface area contributed by atoms with Gasteiger partial charge in [0, 0.05) is 22.3 Å². The van der Waals surface area contributed by atoms with E-state index in [1.807, 2.05) is 36.4 Å². The fraction of sp³-hybridized carbons (Fsp3) is 0.0323. The lowest BCUT2D eigenvalue weighted by Crippen LogP contribution is -1.98. The highest BCUT2D eigenvalue weighted by atomic mass is 16.5. The molecule has 0 aliphatic heterocycles. The first-order valence-electron chi connectivity index (χ1n) is 22.3. The van der Waals surface area contributed by atoms with Gasteiger partial charge in [-0.3, -0.25) is 0 Å². The molecule has 0 saturated carbocycles. The molecular formula is C62H42O4. The molecule has 12 rings (SSSR count). The zero-order chi connectivity index (χ0) is 44.1. The average Bonchev–Trinajstić information content (AvgIpc) is 3.38. The molecule has 0 unspecified atom stereocenters. The lowest BCUT2D eigenvalue weighted by Gasteiger charge is -2.22. The summed E-state index contributed by atoms with van der Waals surface area (Å²) in [7, 11) is 0. The molecule has 12 aromatic rings. The van der Waals surface area contributed by atoms with Crippen LogP contribution >= 0.6 is 0 Å². The summed E-state index contributed by atoms with van der Waals surface area (Å²) < 4.78 is 14.6. The third kappa shape index (κ3) is 6.71. The maximum atomic E-state index is 10.5. The molecule has 0 radical (unpaired) electrons. The van der Waals surface area contributed by atoms with Crippen LogP contribution < -0.4 is 9.47 Å². The van der Waals surface area contributed by atoms with Crippen molar-refractivity contribution in [2.45, 2.75) is 13.2 Å². The van der Waals surface area contributed by atoms with Gasteiger partial charge >= 0.3 is 0 Å². The Hall–Kier alpha value is -8.28. The summed E-state index contributed by atoms with van der Waals surface area (Å²) >= 11 is 0. The Balaban J connectivity index is 1.08. The lowest BCUT2D eigenvalue weighted by atomic mass is 9.91. The predicted octanol–water partition coefficient (Wildman–Crippen LogP) is 16.2. The molecule has 0 aliphatic carbocycles. The van der Waals surface area contributed by atoms with E-state index in [2.05, 4.69) is 182 Å². The zero-order valence-corrected chi connectivity index (χ0v) is 35.9. The molecule has 66 heavy (non-hydrogen) atoms. The van der Waals surface area contributed by atoms with E-state index in [0.29, 0.717) is 23.0 Å². The minimum Gasteiger partial charge on any atom is -0.456 e. The fourth-order valence-corrected chi connectivity index (χ4v) is 9.93. The second-order valence-corrected chi connectivity index (χ2v) is 16.9. The Labute approximate surface area is 381 Å². The molecule has 2 N–H and O–H groups in total. The molecule has 0 amide bonds. The number of benzene rings is 12. The number of ether oxygens (including phenoxy) is 2. The largest absolute Gasteiger partial charge is 0.456 e. The summed E-state index contributed by atoms with van der Waals surface area (Å²) in [6.45, 7) is -0.208. The number of hydrogen-bond acceptors (Lipinski definition) is 4. The summed E-state index contributed by atoms with van der Waals surface area (Å²) in [5.41, 5.74) is 7.18. The lowest BCUT2D eigenvalue weighted by molar-refractivity contribution is 0.281. The van der Waals surface area contributed by atoms with E-state index in [0.717, 1.165) is 98.4 Å². The molecule has 4 heteroatoms. The van der Waals surface area contributed by atoms with Crippen LogP contribution in [0.3, 0.4) is 0 Å². The van der Waals surface area contributed by atoms with Crippen molar-refractivity contribution in [2.24, 2.45) is 0 Å². The van der Waals surface area contributed by atoms with Crippen molar-refractivity contribution in [3.8, 4) is 56.4 Å². The third-order valence-corrected chi connectivity index (χ3v) is 13.0. The van der Waals surface area contributed by atoms with Crippen LogP contribution in [-0.4, -0.2) is 10.2 Å². The second kappa shape index (κ2) is 16.4. The van der Waals surface area contributed by atoms with Gasteiger partial charge in [-0.1, -0.05) is 170 Å². The van der Waals surface area contributed by atoms with Gasteiger partial charge in [0.15, 0.2) is 0 Å². The first-order valence-corrected chi connectivity index (χ1v) is 22.3. The van der Waals surface area contributed by atoms with Gasteiger partial charge in [0.05, 0.1) is 13.2 Å². The van der Waals surface area contributed by atoms with Crippen molar-refractivity contribution in [2.75, 3.05) is 0 Å². The van der Waals surface area contributed by atoms with Crippen molar-refractivity contribution < 1.29 is 19.7 Å². The first-order chi connectivity index (χ1) is 32.6. The molecule has 0 aromatic heterocycles. The maximum absolute atomic E-state index is 10.5. The Morgan fingerprint density at radius 1 is 0.258 bits per heavy atom. The van der Waals surface area contributed by atoms with Gasteiger partial charge in [0.2, 0.25) is 0 Å². The summed E-state index contributed by atoms with van der Waals surface area (Å²) in [6.07, 6.45) is 0. The van der Waals surface area contributed by atoms with E-state index < -0.39 is 0 Å². The molecule has 0 bridgehead atoms. The van der Waals surface area contributed by atoms with Gasteiger partial charge in [0.1, 0.15) is 23.0 Å². The van der Waals surface area contributed by atoms with Crippen LogP contribution in [0.5, 0.6) is 23.0 Å². The molecule has 0 atom stereocenters. The molecular weight excluding hydrogens is 809 g/mol. The van der Waals surface area contributed by atoms with Gasteiger partial charge < -0.3 is 19.7 Å². The van der Waals surface area contributed by atoms with Gasteiger partial charge in [0.25, 0.3) is 0 Å². The quantitative estimate of drug-likeness (QED) is 0.142. The van der Waals surface area contributed by atoms with Crippen molar-refractivity contribution in [3.05, 3.63) is 230 Å². The van der Waals surface area contributed by atoms with Crippen molar-refractivity contribution in [1.82, 2.24) is 0 Å². The fourth-order valence-electron chi connectivity index (χ4n) is 9.93. The SMILES string of the molecule is OCc1ccc(Oc2ccc3ccccc3c2-c2c(Oc3ccc(CO)cc3-c3cc4ccccc4c4ccccc34)ccc3ccccc23)c(-c2cc3ccccc3c3ccccc23)c1. The minimum absolute atomic E-state index is 0.104. The summed E-state index contributed by atoms with van der Waals surface area (Å²) in [4.78, 5) is 0. The van der Waals surface area contributed by atoms with Crippen LogP contribution in [-0.2, 0) is 13.2 Å². The van der Waals surface area contributed by atoms with E-state index in [1.54, 1.807) is 0 Å². The third-order valence-electron chi connectivity index (χ3n) is 13.0. The summed E-state index contributed by atoms with van der Waals surface area (Å²) in [5, 5.41) is 34.2. The minimum atomic E-state index is -0.104. The number of fused-ring (bicyclic) bond motifs is 8. The van der Waals surface area contributed by atoms with Crippen LogP contribution in [0.2, 0.25) is 0 Å². The van der Waals surface area contributed by atoms with E-state index in [9.17, 15) is 10.2 Å². The second-order valence-electron chi connectivity index (χ2n) is 16.9. The Bertz CT molecular complexity index is 3610. The Kier molecular flexibility index (Phi) is 9.75. The van der Waals surface area contributed by atoms with Crippen LogP contribution in [0, 0.1) is 0 Å². The van der Waals surface area contributed by atoms with E-state index in [1.165, 1.54) is 10.8 Å². The van der Waals surface area contributed by atoms with Crippen molar-refractivity contribution in [3.63, 3.8) is 0 Å².